The molecule has 1 aromatic heterocycles. The number of carbonyl (C=O) groups excluding carboxylic acids is 1. The number of benzene rings is 2. The number of amides is 1. The van der Waals surface area contributed by atoms with Crippen molar-refractivity contribution in [3.63, 3.8) is 0 Å². The summed E-state index contributed by atoms with van der Waals surface area (Å²) in [6.07, 6.45) is 0.420. The quantitative estimate of drug-likeness (QED) is 0.680. The van der Waals surface area contributed by atoms with Crippen LogP contribution in [0.15, 0.2) is 65.1 Å². The maximum absolute atomic E-state index is 12.4. The first-order chi connectivity index (χ1) is 12.2. The SMILES string of the molecule is CC[C@@H](C(=O)NCC[C@H](O)c1cc2ccccc2o1)c1ccccc1. The van der Waals surface area contributed by atoms with Gasteiger partial charge < -0.3 is 14.8 Å². The third kappa shape index (κ3) is 4.09. The van der Waals surface area contributed by atoms with Crippen molar-refractivity contribution in [1.29, 1.82) is 0 Å². The van der Waals surface area contributed by atoms with Gasteiger partial charge >= 0.3 is 0 Å². The predicted octanol–water partition coefficient (Wildman–Crippen LogP) is 4.17. The monoisotopic (exact) mass is 337 g/mol. The lowest BCUT2D eigenvalue weighted by molar-refractivity contribution is -0.122. The first kappa shape index (κ1) is 17.2. The minimum atomic E-state index is -0.732. The van der Waals surface area contributed by atoms with Crippen LogP contribution in [-0.4, -0.2) is 17.6 Å². The second kappa shape index (κ2) is 7.99. The number of aliphatic hydroxyl groups is 1. The van der Waals surface area contributed by atoms with Gasteiger partial charge in [0.25, 0.3) is 0 Å². The van der Waals surface area contributed by atoms with Crippen molar-refractivity contribution in [3.8, 4) is 0 Å². The van der Waals surface area contributed by atoms with Gasteiger partial charge in [-0.3, -0.25) is 4.79 Å². The molecule has 0 bridgehead atoms. The highest BCUT2D eigenvalue weighted by Gasteiger charge is 2.19. The van der Waals surface area contributed by atoms with Gasteiger partial charge in [-0.25, -0.2) is 0 Å². The Kier molecular flexibility index (Phi) is 5.51. The summed E-state index contributed by atoms with van der Waals surface area (Å²) in [4.78, 5) is 12.4. The van der Waals surface area contributed by atoms with Crippen LogP contribution in [0.1, 0.15) is 43.1 Å². The van der Waals surface area contributed by atoms with E-state index in [9.17, 15) is 9.90 Å². The van der Waals surface area contributed by atoms with Crippen molar-refractivity contribution in [2.24, 2.45) is 0 Å². The van der Waals surface area contributed by atoms with E-state index in [1.807, 2.05) is 67.6 Å². The molecule has 4 nitrogen and oxygen atoms in total. The van der Waals surface area contributed by atoms with Gasteiger partial charge in [-0.1, -0.05) is 55.5 Å². The van der Waals surface area contributed by atoms with Gasteiger partial charge in [0.1, 0.15) is 17.4 Å². The Morgan fingerprint density at radius 3 is 2.56 bits per heavy atom. The van der Waals surface area contributed by atoms with Crippen LogP contribution in [0.4, 0.5) is 0 Å². The molecule has 0 saturated heterocycles. The van der Waals surface area contributed by atoms with Crippen molar-refractivity contribution in [2.45, 2.75) is 31.8 Å². The van der Waals surface area contributed by atoms with E-state index in [0.717, 1.165) is 23.0 Å². The largest absolute Gasteiger partial charge is 0.458 e. The summed E-state index contributed by atoms with van der Waals surface area (Å²) < 4.78 is 5.66. The van der Waals surface area contributed by atoms with E-state index in [4.69, 9.17) is 4.42 Å². The van der Waals surface area contributed by atoms with Crippen molar-refractivity contribution in [1.82, 2.24) is 5.32 Å². The highest BCUT2D eigenvalue weighted by molar-refractivity contribution is 5.83. The second-order valence-electron chi connectivity index (χ2n) is 6.15. The summed E-state index contributed by atoms with van der Waals surface area (Å²) in [7, 11) is 0. The molecule has 0 saturated carbocycles. The first-order valence-corrected chi connectivity index (χ1v) is 8.68. The molecule has 0 spiro atoms. The van der Waals surface area contributed by atoms with E-state index in [2.05, 4.69) is 5.32 Å². The van der Waals surface area contributed by atoms with Crippen molar-refractivity contribution >= 4 is 16.9 Å². The van der Waals surface area contributed by atoms with E-state index < -0.39 is 6.10 Å². The number of para-hydroxylation sites is 1. The molecule has 130 valence electrons. The molecule has 4 heteroatoms. The van der Waals surface area contributed by atoms with Gasteiger partial charge in [-0.05, 0) is 30.5 Å². The van der Waals surface area contributed by atoms with Crippen molar-refractivity contribution in [3.05, 3.63) is 72.0 Å². The smallest absolute Gasteiger partial charge is 0.227 e. The molecule has 2 atom stereocenters. The maximum atomic E-state index is 12.4. The Hall–Kier alpha value is -2.59. The zero-order valence-electron chi connectivity index (χ0n) is 14.3. The lowest BCUT2D eigenvalue weighted by atomic mass is 9.95. The molecule has 0 unspecified atom stereocenters. The maximum Gasteiger partial charge on any atom is 0.227 e. The third-order valence-electron chi connectivity index (χ3n) is 4.42. The highest BCUT2D eigenvalue weighted by atomic mass is 16.4. The summed E-state index contributed by atoms with van der Waals surface area (Å²) in [5.41, 5.74) is 1.77. The molecule has 0 fully saturated rings. The Morgan fingerprint density at radius 2 is 1.84 bits per heavy atom. The molecule has 0 aliphatic heterocycles. The van der Waals surface area contributed by atoms with E-state index in [0.29, 0.717) is 18.7 Å². The molecular weight excluding hydrogens is 314 g/mol. The zero-order valence-corrected chi connectivity index (χ0v) is 14.3. The van der Waals surface area contributed by atoms with Gasteiger partial charge in [-0.15, -0.1) is 0 Å². The molecule has 1 amide bonds. The predicted molar refractivity (Wildman–Crippen MR) is 98.3 cm³/mol. The van der Waals surface area contributed by atoms with Gasteiger partial charge in [0.15, 0.2) is 0 Å². The normalized spacial score (nSPS) is 13.5. The molecule has 0 aliphatic carbocycles. The molecular formula is C21H23NO3. The number of hydrogen-bond acceptors (Lipinski definition) is 3. The average molecular weight is 337 g/mol. The van der Waals surface area contributed by atoms with Crippen LogP contribution >= 0.6 is 0 Å². The fourth-order valence-corrected chi connectivity index (χ4v) is 3.02. The molecule has 2 N–H and O–H groups in total. The molecule has 0 radical (unpaired) electrons. The first-order valence-electron chi connectivity index (χ1n) is 8.68. The van der Waals surface area contributed by atoms with Gasteiger partial charge in [0, 0.05) is 11.9 Å². The molecule has 25 heavy (non-hydrogen) atoms. The van der Waals surface area contributed by atoms with E-state index in [-0.39, 0.29) is 11.8 Å². The number of nitrogens with one attached hydrogen (secondary N) is 1. The fourth-order valence-electron chi connectivity index (χ4n) is 3.02. The summed E-state index contributed by atoms with van der Waals surface area (Å²) in [6, 6.07) is 19.3. The number of hydrogen-bond donors (Lipinski definition) is 2. The Balaban J connectivity index is 1.55. The van der Waals surface area contributed by atoms with Crippen LogP contribution in [0.25, 0.3) is 11.0 Å². The molecule has 3 aromatic rings. The highest BCUT2D eigenvalue weighted by Crippen LogP contribution is 2.25. The third-order valence-corrected chi connectivity index (χ3v) is 4.42. The lowest BCUT2D eigenvalue weighted by Crippen LogP contribution is -2.30. The molecule has 3 rings (SSSR count). The van der Waals surface area contributed by atoms with E-state index in [1.54, 1.807) is 0 Å². The molecule has 2 aromatic carbocycles. The molecule has 0 aliphatic rings. The fraction of sp³-hybridized carbons (Fsp3) is 0.286. The van der Waals surface area contributed by atoms with Crippen LogP contribution < -0.4 is 5.32 Å². The average Bonchev–Trinajstić information content (AvgIpc) is 3.07. The number of aliphatic hydroxyl groups excluding tert-OH is 1. The van der Waals surface area contributed by atoms with Crippen LogP contribution in [-0.2, 0) is 4.79 Å². The number of fused-ring (bicyclic) bond motifs is 1. The topological polar surface area (TPSA) is 62.5 Å². The molecule has 1 heterocycles. The Bertz CT molecular complexity index is 792. The van der Waals surface area contributed by atoms with Crippen molar-refractivity contribution < 1.29 is 14.3 Å². The van der Waals surface area contributed by atoms with Gasteiger partial charge in [0.2, 0.25) is 5.91 Å². The summed E-state index contributed by atoms with van der Waals surface area (Å²) in [5.74, 6) is 0.362. The van der Waals surface area contributed by atoms with Gasteiger partial charge in [-0.2, -0.15) is 0 Å². The summed E-state index contributed by atoms with van der Waals surface area (Å²) in [6.45, 7) is 2.40. The van der Waals surface area contributed by atoms with Crippen LogP contribution in [0.5, 0.6) is 0 Å². The van der Waals surface area contributed by atoms with Crippen LogP contribution in [0.2, 0.25) is 0 Å². The van der Waals surface area contributed by atoms with Gasteiger partial charge in [0.05, 0.1) is 5.92 Å². The summed E-state index contributed by atoms with van der Waals surface area (Å²) in [5, 5.41) is 14.2. The Labute approximate surface area is 147 Å². The standard InChI is InChI=1S/C21H23NO3/c1-2-17(15-8-4-3-5-9-15)21(24)22-13-12-18(23)20-14-16-10-6-7-11-19(16)25-20/h3-11,14,17-18,23H,2,12-13H2,1H3,(H,22,24)/t17-,18+/m1/s1. The minimum absolute atomic E-state index is 0.00879. The second-order valence-corrected chi connectivity index (χ2v) is 6.15. The number of furan rings is 1. The number of carbonyl (C=O) groups is 1. The zero-order chi connectivity index (χ0) is 17.6. The number of rotatable bonds is 7. The van der Waals surface area contributed by atoms with Crippen molar-refractivity contribution in [2.75, 3.05) is 6.54 Å². The van der Waals surface area contributed by atoms with Crippen LogP contribution in [0, 0.1) is 0 Å². The van der Waals surface area contributed by atoms with E-state index in [1.165, 1.54) is 0 Å². The van der Waals surface area contributed by atoms with E-state index >= 15 is 0 Å². The van der Waals surface area contributed by atoms with Crippen LogP contribution in [0.3, 0.4) is 0 Å². The summed E-state index contributed by atoms with van der Waals surface area (Å²) >= 11 is 0. The lowest BCUT2D eigenvalue weighted by Gasteiger charge is -2.16. The Morgan fingerprint density at radius 1 is 1.12 bits per heavy atom. The minimum Gasteiger partial charge on any atom is -0.458 e.